The van der Waals surface area contributed by atoms with Crippen molar-refractivity contribution < 1.29 is 9.90 Å². The van der Waals surface area contributed by atoms with Crippen LogP contribution in [-0.2, 0) is 0 Å². The fourth-order valence-corrected chi connectivity index (χ4v) is 1.80. The third-order valence-corrected chi connectivity index (χ3v) is 3.79. The molecule has 0 atom stereocenters. The maximum Gasteiger partial charge on any atom is 0.335 e. The average molecular weight is 341 g/mol. The molecule has 0 spiro atoms. The standard InChI is InChI=1S/C8H6BrIO2/c1-4-2-6(9)7(10)3-5(4)8(11)12/h2-3H,1H3,(H,11,12). The number of carboxylic acids is 1. The number of rotatable bonds is 1. The summed E-state index contributed by atoms with van der Waals surface area (Å²) in [6.07, 6.45) is 0. The summed E-state index contributed by atoms with van der Waals surface area (Å²) in [5.74, 6) is -0.877. The second-order valence-corrected chi connectivity index (χ2v) is 4.40. The molecule has 0 fully saturated rings. The normalized spacial score (nSPS) is 9.92. The van der Waals surface area contributed by atoms with Crippen LogP contribution in [-0.4, -0.2) is 11.1 Å². The Morgan fingerprint density at radius 1 is 1.58 bits per heavy atom. The Morgan fingerprint density at radius 2 is 2.17 bits per heavy atom. The lowest BCUT2D eigenvalue weighted by Crippen LogP contribution is -2.00. The molecule has 1 aromatic carbocycles. The van der Waals surface area contributed by atoms with E-state index in [1.54, 1.807) is 13.0 Å². The van der Waals surface area contributed by atoms with Crippen LogP contribution in [0.15, 0.2) is 16.6 Å². The molecule has 0 aliphatic rings. The molecular weight excluding hydrogens is 335 g/mol. The van der Waals surface area contributed by atoms with Gasteiger partial charge in [-0.1, -0.05) is 0 Å². The molecule has 2 nitrogen and oxygen atoms in total. The van der Waals surface area contributed by atoms with Gasteiger partial charge in [-0.05, 0) is 63.1 Å². The molecule has 0 bridgehead atoms. The SMILES string of the molecule is Cc1cc(Br)c(I)cc1C(=O)O. The van der Waals surface area contributed by atoms with Gasteiger partial charge in [0.25, 0.3) is 0 Å². The van der Waals surface area contributed by atoms with Gasteiger partial charge in [0.05, 0.1) is 5.56 Å². The largest absolute Gasteiger partial charge is 0.478 e. The Balaban J connectivity index is 3.33. The van der Waals surface area contributed by atoms with Gasteiger partial charge in [0, 0.05) is 8.04 Å². The summed E-state index contributed by atoms with van der Waals surface area (Å²) in [5.41, 5.74) is 1.14. The van der Waals surface area contributed by atoms with Crippen LogP contribution in [0.1, 0.15) is 15.9 Å². The molecule has 1 rings (SSSR count). The second kappa shape index (κ2) is 3.74. The number of hydrogen-bond donors (Lipinski definition) is 1. The highest BCUT2D eigenvalue weighted by atomic mass is 127. The molecule has 0 saturated carbocycles. The van der Waals surface area contributed by atoms with Crippen molar-refractivity contribution in [3.05, 3.63) is 31.3 Å². The van der Waals surface area contributed by atoms with Gasteiger partial charge in [-0.2, -0.15) is 0 Å². The van der Waals surface area contributed by atoms with E-state index in [1.165, 1.54) is 0 Å². The van der Waals surface area contributed by atoms with Crippen molar-refractivity contribution in [2.24, 2.45) is 0 Å². The lowest BCUT2D eigenvalue weighted by molar-refractivity contribution is 0.0696. The summed E-state index contributed by atoms with van der Waals surface area (Å²) in [5, 5.41) is 8.76. The first kappa shape index (κ1) is 9.98. The molecule has 0 aliphatic heterocycles. The lowest BCUT2D eigenvalue weighted by atomic mass is 10.1. The van der Waals surface area contributed by atoms with Gasteiger partial charge in [0.2, 0.25) is 0 Å². The third kappa shape index (κ3) is 1.98. The van der Waals surface area contributed by atoms with Gasteiger partial charge in [0.1, 0.15) is 0 Å². The number of benzene rings is 1. The molecule has 64 valence electrons. The molecule has 1 N–H and O–H groups in total. The molecule has 0 aromatic heterocycles. The molecule has 0 aliphatic carbocycles. The van der Waals surface area contributed by atoms with Crippen molar-refractivity contribution in [1.29, 1.82) is 0 Å². The van der Waals surface area contributed by atoms with Crippen LogP contribution in [0, 0.1) is 10.5 Å². The van der Waals surface area contributed by atoms with E-state index in [1.807, 2.05) is 6.07 Å². The van der Waals surface area contributed by atoms with Crippen LogP contribution < -0.4 is 0 Å². The Morgan fingerprint density at radius 3 is 2.67 bits per heavy atom. The van der Waals surface area contributed by atoms with Crippen molar-refractivity contribution >= 4 is 44.5 Å². The molecular formula is C8H6BrIO2. The molecule has 0 unspecified atom stereocenters. The molecule has 12 heavy (non-hydrogen) atoms. The number of carbonyl (C=O) groups is 1. The van der Waals surface area contributed by atoms with E-state index in [2.05, 4.69) is 38.5 Å². The van der Waals surface area contributed by atoms with Crippen molar-refractivity contribution in [3.8, 4) is 0 Å². The van der Waals surface area contributed by atoms with Crippen LogP contribution in [0.4, 0.5) is 0 Å². The maximum atomic E-state index is 10.7. The van der Waals surface area contributed by atoms with Crippen LogP contribution in [0.3, 0.4) is 0 Å². The number of aryl methyl sites for hydroxylation is 1. The number of carboxylic acid groups (broad SMARTS) is 1. The first-order valence-corrected chi connectivity index (χ1v) is 5.08. The van der Waals surface area contributed by atoms with E-state index in [4.69, 9.17) is 5.11 Å². The van der Waals surface area contributed by atoms with Gasteiger partial charge in [-0.25, -0.2) is 4.79 Å². The zero-order valence-corrected chi connectivity index (χ0v) is 10.0. The molecule has 4 heteroatoms. The zero-order valence-electron chi connectivity index (χ0n) is 6.27. The van der Waals surface area contributed by atoms with E-state index in [0.29, 0.717) is 5.56 Å². The lowest BCUT2D eigenvalue weighted by Gasteiger charge is -2.02. The Hall–Kier alpha value is -0.100. The molecule has 0 heterocycles. The second-order valence-electron chi connectivity index (χ2n) is 2.39. The quantitative estimate of drug-likeness (QED) is 0.798. The van der Waals surface area contributed by atoms with Crippen molar-refractivity contribution in [3.63, 3.8) is 0 Å². The van der Waals surface area contributed by atoms with Gasteiger partial charge in [0.15, 0.2) is 0 Å². The monoisotopic (exact) mass is 340 g/mol. The fourth-order valence-electron chi connectivity index (χ4n) is 0.877. The summed E-state index contributed by atoms with van der Waals surface area (Å²) < 4.78 is 1.85. The van der Waals surface area contributed by atoms with Gasteiger partial charge >= 0.3 is 5.97 Å². The third-order valence-electron chi connectivity index (χ3n) is 1.50. The first-order chi connectivity index (χ1) is 5.52. The van der Waals surface area contributed by atoms with Gasteiger partial charge in [-0.15, -0.1) is 0 Å². The minimum absolute atomic E-state index is 0.364. The van der Waals surface area contributed by atoms with Gasteiger partial charge in [-0.3, -0.25) is 0 Å². The van der Waals surface area contributed by atoms with E-state index in [-0.39, 0.29) is 0 Å². The molecule has 0 amide bonds. The van der Waals surface area contributed by atoms with Crippen molar-refractivity contribution in [2.75, 3.05) is 0 Å². The van der Waals surface area contributed by atoms with E-state index in [9.17, 15) is 4.79 Å². The number of halogens is 2. The van der Waals surface area contributed by atoms with Crippen LogP contribution in [0.5, 0.6) is 0 Å². The fraction of sp³-hybridized carbons (Fsp3) is 0.125. The Kier molecular flexibility index (Phi) is 3.11. The molecule has 1 aromatic rings. The summed E-state index contributed by atoms with van der Waals surface area (Å²) in [7, 11) is 0. The highest BCUT2D eigenvalue weighted by Crippen LogP contribution is 2.23. The average Bonchev–Trinajstić information content (AvgIpc) is 1.96. The predicted octanol–water partition coefficient (Wildman–Crippen LogP) is 3.06. The number of hydrogen-bond acceptors (Lipinski definition) is 1. The topological polar surface area (TPSA) is 37.3 Å². The summed E-state index contributed by atoms with van der Waals surface area (Å²) in [4.78, 5) is 10.7. The van der Waals surface area contributed by atoms with Crippen molar-refractivity contribution in [2.45, 2.75) is 6.92 Å². The Labute approximate surface area is 92.2 Å². The van der Waals surface area contributed by atoms with Gasteiger partial charge < -0.3 is 5.11 Å². The van der Waals surface area contributed by atoms with E-state index in [0.717, 1.165) is 13.6 Å². The van der Waals surface area contributed by atoms with Crippen LogP contribution >= 0.6 is 38.5 Å². The molecule has 0 radical (unpaired) electrons. The summed E-state index contributed by atoms with van der Waals surface area (Å²) >= 11 is 5.42. The first-order valence-electron chi connectivity index (χ1n) is 3.21. The van der Waals surface area contributed by atoms with E-state index < -0.39 is 5.97 Å². The maximum absolute atomic E-state index is 10.7. The summed E-state index contributed by atoms with van der Waals surface area (Å²) in [6, 6.07) is 3.47. The summed E-state index contributed by atoms with van der Waals surface area (Å²) in [6.45, 7) is 1.78. The number of aromatic carboxylic acids is 1. The van der Waals surface area contributed by atoms with E-state index >= 15 is 0 Å². The minimum atomic E-state index is -0.877. The highest BCUT2D eigenvalue weighted by molar-refractivity contribution is 14.1. The van der Waals surface area contributed by atoms with Crippen molar-refractivity contribution in [1.82, 2.24) is 0 Å². The molecule has 0 saturated heterocycles. The predicted molar refractivity (Wildman–Crippen MR) is 58.6 cm³/mol. The Bertz CT molecular complexity index is 336. The zero-order chi connectivity index (χ0) is 9.30. The van der Waals surface area contributed by atoms with Crippen LogP contribution in [0.25, 0.3) is 0 Å². The highest BCUT2D eigenvalue weighted by Gasteiger charge is 2.09. The smallest absolute Gasteiger partial charge is 0.335 e. The minimum Gasteiger partial charge on any atom is -0.478 e. The van der Waals surface area contributed by atoms with Crippen LogP contribution in [0.2, 0.25) is 0 Å².